The Hall–Kier alpha value is -1.20. The van der Waals surface area contributed by atoms with Gasteiger partial charge in [-0.15, -0.1) is 5.10 Å². The number of hydrogen-bond donors (Lipinski definition) is 1. The van der Waals surface area contributed by atoms with E-state index in [9.17, 15) is 0 Å². The molecule has 0 saturated carbocycles. The van der Waals surface area contributed by atoms with Gasteiger partial charge in [0.05, 0.1) is 11.8 Å². The first-order chi connectivity index (χ1) is 8.83. The largest absolute Gasteiger partial charge is 0.376 e. The normalized spacial score (nSPS) is 20.1. The lowest BCUT2D eigenvalue weighted by Gasteiger charge is -2.33. The number of rotatable bonds is 5. The molecule has 18 heavy (non-hydrogen) atoms. The summed E-state index contributed by atoms with van der Waals surface area (Å²) < 4.78 is 5.82. The van der Waals surface area contributed by atoms with Crippen LogP contribution in [-0.2, 0) is 11.3 Å². The summed E-state index contributed by atoms with van der Waals surface area (Å²) in [7, 11) is 0. The van der Waals surface area contributed by atoms with E-state index in [0.29, 0.717) is 12.6 Å². The summed E-state index contributed by atoms with van der Waals surface area (Å²) in [5.74, 6) is 0.928. The Labute approximate surface area is 108 Å². The Kier molecular flexibility index (Phi) is 4.90. The number of hydrogen-bond acceptors (Lipinski definition) is 5. The summed E-state index contributed by atoms with van der Waals surface area (Å²) in [5.41, 5.74) is 6.35. The lowest BCUT2D eigenvalue weighted by atomic mass is 10.1. The maximum Gasteiger partial charge on any atom is 0.151 e. The molecule has 1 aromatic rings. The van der Waals surface area contributed by atoms with Crippen molar-refractivity contribution in [3.63, 3.8) is 0 Å². The van der Waals surface area contributed by atoms with Gasteiger partial charge in [-0.1, -0.05) is 6.92 Å². The zero-order valence-electron chi connectivity index (χ0n) is 11.0. The Morgan fingerprint density at radius 1 is 1.44 bits per heavy atom. The Balaban J connectivity index is 1.94. The van der Waals surface area contributed by atoms with Crippen LogP contribution in [0, 0.1) is 0 Å². The minimum absolute atomic E-state index is 0.328. The van der Waals surface area contributed by atoms with Gasteiger partial charge in [0.1, 0.15) is 0 Å². The average Bonchev–Trinajstić information content (AvgIpc) is 2.45. The third-order valence-electron chi connectivity index (χ3n) is 3.17. The molecule has 0 amide bonds. The third-order valence-corrected chi connectivity index (χ3v) is 3.17. The fourth-order valence-electron chi connectivity index (χ4n) is 2.20. The molecule has 0 spiro atoms. The molecule has 2 N–H and O–H groups in total. The molecule has 1 aliphatic rings. The second-order valence-corrected chi connectivity index (χ2v) is 4.67. The molecule has 0 aromatic carbocycles. The van der Waals surface area contributed by atoms with Crippen molar-refractivity contribution in [1.82, 2.24) is 10.2 Å². The second-order valence-electron chi connectivity index (χ2n) is 4.67. The van der Waals surface area contributed by atoms with E-state index in [0.717, 1.165) is 50.5 Å². The van der Waals surface area contributed by atoms with Crippen LogP contribution in [0.15, 0.2) is 12.1 Å². The quantitative estimate of drug-likeness (QED) is 0.854. The topological polar surface area (TPSA) is 64.3 Å². The van der Waals surface area contributed by atoms with E-state index in [4.69, 9.17) is 10.5 Å². The van der Waals surface area contributed by atoms with Crippen molar-refractivity contribution in [3.8, 4) is 0 Å². The number of aromatic nitrogens is 2. The van der Waals surface area contributed by atoms with E-state index in [2.05, 4.69) is 22.0 Å². The average molecular weight is 250 g/mol. The summed E-state index contributed by atoms with van der Waals surface area (Å²) in [5, 5.41) is 8.33. The van der Waals surface area contributed by atoms with Crippen molar-refractivity contribution in [1.29, 1.82) is 0 Å². The molecule has 1 aromatic heterocycles. The third kappa shape index (κ3) is 3.40. The molecule has 0 bridgehead atoms. The van der Waals surface area contributed by atoms with E-state index >= 15 is 0 Å². The van der Waals surface area contributed by atoms with E-state index in [1.165, 1.54) is 0 Å². The fourth-order valence-corrected chi connectivity index (χ4v) is 2.20. The van der Waals surface area contributed by atoms with Crippen LogP contribution < -0.4 is 10.6 Å². The number of nitrogens with two attached hydrogens (primary N) is 1. The van der Waals surface area contributed by atoms with Gasteiger partial charge in [0, 0.05) is 26.2 Å². The lowest BCUT2D eigenvalue weighted by molar-refractivity contribution is 0.0439. The molecule has 2 heterocycles. The molecule has 1 aliphatic heterocycles. The SMILES string of the molecule is CCCOC1CCCN(c2ccc(CN)nn2)C1. The molecule has 1 fully saturated rings. The maximum absolute atomic E-state index is 5.82. The molecule has 100 valence electrons. The highest BCUT2D eigenvalue weighted by Gasteiger charge is 2.21. The van der Waals surface area contributed by atoms with E-state index in [-0.39, 0.29) is 0 Å². The standard InChI is InChI=1S/C13H22N4O/c1-2-8-18-12-4-3-7-17(10-12)13-6-5-11(9-14)15-16-13/h5-6,12H,2-4,7-10,14H2,1H3. The monoisotopic (exact) mass is 250 g/mol. The molecule has 0 aliphatic carbocycles. The first-order valence-corrected chi connectivity index (χ1v) is 6.72. The van der Waals surface area contributed by atoms with Gasteiger partial charge < -0.3 is 15.4 Å². The number of nitrogens with zero attached hydrogens (tertiary/aromatic N) is 3. The van der Waals surface area contributed by atoms with Gasteiger partial charge in [0.2, 0.25) is 0 Å². The lowest BCUT2D eigenvalue weighted by Crippen LogP contribution is -2.40. The van der Waals surface area contributed by atoms with E-state index in [1.807, 2.05) is 12.1 Å². The van der Waals surface area contributed by atoms with Crippen molar-refractivity contribution in [2.45, 2.75) is 38.8 Å². The van der Waals surface area contributed by atoms with Crippen molar-refractivity contribution in [3.05, 3.63) is 17.8 Å². The van der Waals surface area contributed by atoms with Crippen molar-refractivity contribution in [2.75, 3.05) is 24.6 Å². The second kappa shape index (κ2) is 6.66. The first kappa shape index (κ1) is 13.2. The van der Waals surface area contributed by atoms with Crippen LogP contribution in [0.3, 0.4) is 0 Å². The number of piperidine rings is 1. The predicted octanol–water partition coefficient (Wildman–Crippen LogP) is 1.33. The van der Waals surface area contributed by atoms with Crippen LogP contribution in [0.2, 0.25) is 0 Å². The van der Waals surface area contributed by atoms with Crippen LogP contribution in [0.4, 0.5) is 5.82 Å². The minimum atomic E-state index is 0.328. The van der Waals surface area contributed by atoms with Gasteiger partial charge in [-0.05, 0) is 31.4 Å². The van der Waals surface area contributed by atoms with Crippen LogP contribution in [0.1, 0.15) is 31.9 Å². The van der Waals surface area contributed by atoms with Crippen molar-refractivity contribution >= 4 is 5.82 Å². The highest BCUT2D eigenvalue weighted by Crippen LogP contribution is 2.19. The summed E-state index contributed by atoms with van der Waals surface area (Å²) in [6.45, 7) is 5.36. The molecule has 5 nitrogen and oxygen atoms in total. The smallest absolute Gasteiger partial charge is 0.151 e. The minimum Gasteiger partial charge on any atom is -0.376 e. The van der Waals surface area contributed by atoms with Gasteiger partial charge >= 0.3 is 0 Å². The maximum atomic E-state index is 5.82. The zero-order valence-corrected chi connectivity index (χ0v) is 11.0. The first-order valence-electron chi connectivity index (χ1n) is 6.72. The van der Waals surface area contributed by atoms with Crippen LogP contribution in [0.25, 0.3) is 0 Å². The molecule has 1 unspecified atom stereocenters. The number of anilines is 1. The Morgan fingerprint density at radius 3 is 3.00 bits per heavy atom. The summed E-state index contributed by atoms with van der Waals surface area (Å²) in [6.07, 6.45) is 3.69. The van der Waals surface area contributed by atoms with Crippen LogP contribution in [0.5, 0.6) is 0 Å². The van der Waals surface area contributed by atoms with Crippen LogP contribution >= 0.6 is 0 Å². The van der Waals surface area contributed by atoms with Gasteiger partial charge in [0.25, 0.3) is 0 Å². The Bertz CT molecular complexity index is 355. The highest BCUT2D eigenvalue weighted by molar-refractivity contribution is 5.38. The molecular formula is C13H22N4O. The summed E-state index contributed by atoms with van der Waals surface area (Å²) >= 11 is 0. The fraction of sp³-hybridized carbons (Fsp3) is 0.692. The number of ether oxygens (including phenoxy) is 1. The predicted molar refractivity (Wildman–Crippen MR) is 71.4 cm³/mol. The van der Waals surface area contributed by atoms with E-state index < -0.39 is 0 Å². The molecule has 5 heteroatoms. The van der Waals surface area contributed by atoms with Gasteiger partial charge in [-0.25, -0.2) is 0 Å². The molecule has 2 rings (SSSR count). The van der Waals surface area contributed by atoms with Gasteiger partial charge in [-0.3, -0.25) is 0 Å². The summed E-state index contributed by atoms with van der Waals surface area (Å²) in [4.78, 5) is 2.25. The Morgan fingerprint density at radius 2 is 2.33 bits per heavy atom. The van der Waals surface area contributed by atoms with Crippen LogP contribution in [-0.4, -0.2) is 36.0 Å². The van der Waals surface area contributed by atoms with Gasteiger partial charge in [-0.2, -0.15) is 5.10 Å². The highest BCUT2D eigenvalue weighted by atomic mass is 16.5. The zero-order chi connectivity index (χ0) is 12.8. The molecule has 1 atom stereocenters. The van der Waals surface area contributed by atoms with Crippen molar-refractivity contribution in [2.24, 2.45) is 5.73 Å². The molecule has 1 saturated heterocycles. The van der Waals surface area contributed by atoms with E-state index in [1.54, 1.807) is 0 Å². The summed E-state index contributed by atoms with van der Waals surface area (Å²) in [6, 6.07) is 3.94. The molecule has 0 radical (unpaired) electrons. The van der Waals surface area contributed by atoms with Crippen molar-refractivity contribution < 1.29 is 4.74 Å². The molecular weight excluding hydrogens is 228 g/mol. The van der Waals surface area contributed by atoms with Gasteiger partial charge in [0.15, 0.2) is 5.82 Å².